The molecule has 0 aromatic carbocycles. The van der Waals surface area contributed by atoms with Crippen LogP contribution >= 0.6 is 0 Å². The molecule has 0 spiro atoms. The molecule has 0 fully saturated rings. The number of nitrogens with zero attached hydrogens (tertiary/aromatic N) is 5. The molecule has 0 saturated heterocycles. The summed E-state index contributed by atoms with van der Waals surface area (Å²) in [6.07, 6.45) is 4.02. The van der Waals surface area contributed by atoms with Gasteiger partial charge in [-0.15, -0.1) is 0 Å². The highest BCUT2D eigenvalue weighted by molar-refractivity contribution is 5.69. The van der Waals surface area contributed by atoms with E-state index in [-0.39, 0.29) is 0 Å². The van der Waals surface area contributed by atoms with Gasteiger partial charge in [0, 0.05) is 11.9 Å². The van der Waals surface area contributed by atoms with Gasteiger partial charge < -0.3 is 4.57 Å². The van der Waals surface area contributed by atoms with Gasteiger partial charge >= 0.3 is 6.08 Å². The summed E-state index contributed by atoms with van der Waals surface area (Å²) in [6, 6.07) is 3.89. The summed E-state index contributed by atoms with van der Waals surface area (Å²) in [7, 11) is 0. The first kappa shape index (κ1) is 10.8. The Balaban J connectivity index is 2.02. The molecule has 0 bridgehead atoms. The number of fused-ring (bicyclic) bond motifs is 1. The summed E-state index contributed by atoms with van der Waals surface area (Å²) in [6.45, 7) is 2.51. The molecule has 6 heteroatoms. The summed E-state index contributed by atoms with van der Waals surface area (Å²) >= 11 is 0. The zero-order chi connectivity index (χ0) is 12.5. The second kappa shape index (κ2) is 4.14. The maximum absolute atomic E-state index is 13.0. The molecule has 0 atom stereocenters. The minimum atomic E-state index is -0.741. The largest absolute Gasteiger partial charge is 0.311 e. The Labute approximate surface area is 102 Å². The van der Waals surface area contributed by atoms with Gasteiger partial charge in [-0.2, -0.15) is 9.37 Å². The number of hydrogen-bond acceptors (Lipinski definition) is 4. The van der Waals surface area contributed by atoms with Crippen LogP contribution < -0.4 is 0 Å². The van der Waals surface area contributed by atoms with Crippen LogP contribution in [0.15, 0.2) is 30.9 Å². The molecule has 3 heterocycles. The van der Waals surface area contributed by atoms with E-state index in [1.807, 2.05) is 19.1 Å². The Morgan fingerprint density at radius 1 is 1.28 bits per heavy atom. The van der Waals surface area contributed by atoms with Crippen molar-refractivity contribution >= 4 is 11.2 Å². The molecule has 18 heavy (non-hydrogen) atoms. The highest BCUT2D eigenvalue weighted by atomic mass is 19.1. The predicted molar refractivity (Wildman–Crippen MR) is 63.4 cm³/mol. The summed E-state index contributed by atoms with van der Waals surface area (Å²) in [5.41, 5.74) is 3.10. The fraction of sp³-hybridized carbons (Fsp3) is 0.167. The molecule has 3 aromatic heterocycles. The van der Waals surface area contributed by atoms with E-state index in [1.165, 1.54) is 6.20 Å². The number of aryl methyl sites for hydroxylation is 1. The van der Waals surface area contributed by atoms with Crippen molar-refractivity contribution in [2.45, 2.75) is 13.5 Å². The maximum atomic E-state index is 13.0. The third kappa shape index (κ3) is 1.92. The average molecular weight is 243 g/mol. The van der Waals surface area contributed by atoms with E-state index < -0.39 is 6.08 Å². The Hall–Kier alpha value is -2.37. The fourth-order valence-corrected chi connectivity index (χ4v) is 1.85. The zero-order valence-electron chi connectivity index (χ0n) is 9.71. The van der Waals surface area contributed by atoms with Crippen LogP contribution in [0.4, 0.5) is 4.39 Å². The van der Waals surface area contributed by atoms with Gasteiger partial charge in [0.05, 0.1) is 19.1 Å². The molecule has 0 aliphatic heterocycles. The van der Waals surface area contributed by atoms with Gasteiger partial charge in [-0.05, 0) is 24.6 Å². The molecular formula is C12H10FN5. The van der Waals surface area contributed by atoms with E-state index in [0.717, 1.165) is 11.3 Å². The molecule has 0 unspecified atom stereocenters. The number of pyridine rings is 1. The van der Waals surface area contributed by atoms with E-state index >= 15 is 0 Å². The number of imidazole rings is 1. The lowest BCUT2D eigenvalue weighted by Gasteiger charge is -2.04. The molecule has 0 aliphatic carbocycles. The van der Waals surface area contributed by atoms with E-state index in [0.29, 0.717) is 17.7 Å². The molecule has 0 radical (unpaired) electrons. The molecule has 90 valence electrons. The second-order valence-electron chi connectivity index (χ2n) is 4.03. The standard InChI is InChI=1S/C12H10FN5/c1-8-4-9(2-3-14-8)6-18-7-16-10-5-15-12(13)17-11(10)18/h2-5,7H,6H2,1H3. The minimum Gasteiger partial charge on any atom is -0.311 e. The smallest absolute Gasteiger partial charge is 0.310 e. The van der Waals surface area contributed by atoms with Crippen molar-refractivity contribution in [2.24, 2.45) is 0 Å². The fourth-order valence-electron chi connectivity index (χ4n) is 1.85. The minimum absolute atomic E-state index is 0.497. The predicted octanol–water partition coefficient (Wildman–Crippen LogP) is 1.72. The monoisotopic (exact) mass is 243 g/mol. The van der Waals surface area contributed by atoms with Gasteiger partial charge in [-0.25, -0.2) is 9.97 Å². The van der Waals surface area contributed by atoms with Gasteiger partial charge in [0.25, 0.3) is 0 Å². The molecule has 0 saturated carbocycles. The summed E-state index contributed by atoms with van der Waals surface area (Å²) in [4.78, 5) is 15.5. The van der Waals surface area contributed by atoms with Gasteiger partial charge in [0.15, 0.2) is 5.65 Å². The van der Waals surface area contributed by atoms with Crippen molar-refractivity contribution < 1.29 is 4.39 Å². The van der Waals surface area contributed by atoms with Crippen molar-refractivity contribution in [2.75, 3.05) is 0 Å². The number of aromatic nitrogens is 5. The maximum Gasteiger partial charge on any atom is 0.310 e. The lowest BCUT2D eigenvalue weighted by atomic mass is 10.2. The summed E-state index contributed by atoms with van der Waals surface area (Å²) in [5, 5.41) is 0. The van der Waals surface area contributed by atoms with Crippen LogP contribution in [0.25, 0.3) is 11.2 Å². The molecule has 0 N–H and O–H groups in total. The lowest BCUT2D eigenvalue weighted by Crippen LogP contribution is -2.01. The van der Waals surface area contributed by atoms with Crippen LogP contribution in [0.2, 0.25) is 0 Å². The molecule has 3 rings (SSSR count). The quantitative estimate of drug-likeness (QED) is 0.643. The molecule has 3 aromatic rings. The van der Waals surface area contributed by atoms with Crippen LogP contribution in [0.3, 0.4) is 0 Å². The SMILES string of the molecule is Cc1cc(Cn2cnc3cnc(F)nc32)ccn1. The topological polar surface area (TPSA) is 56.5 Å². The first-order valence-corrected chi connectivity index (χ1v) is 5.47. The van der Waals surface area contributed by atoms with Crippen molar-refractivity contribution in [3.8, 4) is 0 Å². The van der Waals surface area contributed by atoms with Crippen molar-refractivity contribution in [1.82, 2.24) is 24.5 Å². The molecule has 5 nitrogen and oxygen atoms in total. The van der Waals surface area contributed by atoms with Crippen molar-refractivity contribution in [3.05, 3.63) is 48.2 Å². The average Bonchev–Trinajstić information content (AvgIpc) is 2.72. The zero-order valence-corrected chi connectivity index (χ0v) is 9.71. The summed E-state index contributed by atoms with van der Waals surface area (Å²) in [5.74, 6) is 0. The van der Waals surface area contributed by atoms with E-state index in [2.05, 4.69) is 19.9 Å². The highest BCUT2D eigenvalue weighted by Crippen LogP contribution is 2.11. The normalized spacial score (nSPS) is 11.0. The molecular weight excluding hydrogens is 233 g/mol. The van der Waals surface area contributed by atoms with Crippen LogP contribution in [-0.4, -0.2) is 24.5 Å². The van der Waals surface area contributed by atoms with Crippen molar-refractivity contribution in [3.63, 3.8) is 0 Å². The third-order valence-electron chi connectivity index (χ3n) is 2.64. The Kier molecular flexibility index (Phi) is 2.47. The van der Waals surface area contributed by atoms with E-state index in [1.54, 1.807) is 17.1 Å². The van der Waals surface area contributed by atoms with Gasteiger partial charge in [-0.1, -0.05) is 0 Å². The Morgan fingerprint density at radius 2 is 2.17 bits per heavy atom. The van der Waals surface area contributed by atoms with Crippen LogP contribution in [0.5, 0.6) is 0 Å². The lowest BCUT2D eigenvalue weighted by molar-refractivity contribution is 0.541. The first-order chi connectivity index (χ1) is 8.72. The van der Waals surface area contributed by atoms with Crippen LogP contribution in [0, 0.1) is 13.0 Å². The van der Waals surface area contributed by atoms with E-state index in [4.69, 9.17) is 0 Å². The first-order valence-electron chi connectivity index (χ1n) is 5.47. The Bertz CT molecular complexity index is 707. The van der Waals surface area contributed by atoms with Gasteiger partial charge in [-0.3, -0.25) is 4.98 Å². The van der Waals surface area contributed by atoms with Gasteiger partial charge in [0.2, 0.25) is 0 Å². The third-order valence-corrected chi connectivity index (χ3v) is 2.64. The van der Waals surface area contributed by atoms with Crippen molar-refractivity contribution in [1.29, 1.82) is 0 Å². The number of halogens is 1. The second-order valence-corrected chi connectivity index (χ2v) is 4.03. The van der Waals surface area contributed by atoms with E-state index in [9.17, 15) is 4.39 Å². The summed E-state index contributed by atoms with van der Waals surface area (Å²) < 4.78 is 14.8. The Morgan fingerprint density at radius 3 is 3.00 bits per heavy atom. The van der Waals surface area contributed by atoms with Gasteiger partial charge in [0.1, 0.15) is 5.52 Å². The molecule has 0 amide bonds. The molecule has 0 aliphatic rings. The van der Waals surface area contributed by atoms with Crippen LogP contribution in [0.1, 0.15) is 11.3 Å². The van der Waals surface area contributed by atoms with Crippen LogP contribution in [-0.2, 0) is 6.54 Å². The number of hydrogen-bond donors (Lipinski definition) is 0. The number of rotatable bonds is 2. The highest BCUT2D eigenvalue weighted by Gasteiger charge is 2.07.